The predicted molar refractivity (Wildman–Crippen MR) is 172 cm³/mol. The third-order valence-corrected chi connectivity index (χ3v) is 7.79. The van der Waals surface area contributed by atoms with Crippen LogP contribution in [0.1, 0.15) is 16.7 Å². The molecule has 4 amide bonds. The number of barbiturate groups is 1. The molecule has 1 N–H and O–H groups in total. The minimum absolute atomic E-state index is 0.199. The molecule has 5 rings (SSSR count). The van der Waals surface area contributed by atoms with Gasteiger partial charge in [-0.15, -0.1) is 0 Å². The van der Waals surface area contributed by atoms with Gasteiger partial charge < -0.3 is 18.9 Å². The van der Waals surface area contributed by atoms with Crippen LogP contribution in [0.4, 0.5) is 10.5 Å². The highest BCUT2D eigenvalue weighted by Crippen LogP contribution is 2.37. The first-order chi connectivity index (χ1) is 21.3. The van der Waals surface area contributed by atoms with E-state index in [0.29, 0.717) is 49.8 Å². The number of halogens is 2. The third kappa shape index (κ3) is 6.95. The van der Waals surface area contributed by atoms with Gasteiger partial charge in [-0.2, -0.15) is 0 Å². The Hall–Kier alpha value is -4.61. The summed E-state index contributed by atoms with van der Waals surface area (Å²) in [6.45, 7) is 0.644. The van der Waals surface area contributed by atoms with Gasteiger partial charge in [0.15, 0.2) is 11.5 Å². The molecule has 1 aliphatic rings. The smallest absolute Gasteiger partial charge is 0.335 e. The average molecular weight is 722 g/mol. The summed E-state index contributed by atoms with van der Waals surface area (Å²) < 4.78 is 23.9. The molecule has 0 spiro atoms. The second kappa shape index (κ2) is 13.8. The van der Waals surface area contributed by atoms with E-state index in [1.807, 2.05) is 48.5 Å². The lowest BCUT2D eigenvalue weighted by atomic mass is 10.1. The minimum Gasteiger partial charge on any atom is -0.497 e. The molecular weight excluding hydrogens is 696 g/mol. The first-order valence-electron chi connectivity index (χ1n) is 13.3. The topological polar surface area (TPSA) is 103 Å². The molecule has 11 heteroatoms. The maximum Gasteiger partial charge on any atom is 0.335 e. The number of anilines is 1. The van der Waals surface area contributed by atoms with Crippen LogP contribution >= 0.6 is 31.9 Å². The number of hydrogen-bond acceptors (Lipinski definition) is 7. The molecule has 1 aliphatic heterocycles. The molecule has 0 unspecified atom stereocenters. The second-order valence-electron chi connectivity index (χ2n) is 9.52. The number of amides is 4. The van der Waals surface area contributed by atoms with Crippen molar-refractivity contribution in [1.82, 2.24) is 5.32 Å². The zero-order chi connectivity index (χ0) is 31.2. The zero-order valence-electron chi connectivity index (χ0n) is 23.6. The van der Waals surface area contributed by atoms with Crippen molar-refractivity contribution in [3.8, 4) is 23.0 Å². The average Bonchev–Trinajstić information content (AvgIpc) is 3.02. The van der Waals surface area contributed by atoms with Crippen LogP contribution in [0.25, 0.3) is 6.08 Å². The van der Waals surface area contributed by atoms with E-state index in [1.54, 1.807) is 43.5 Å². The standard InChI is InChI=1S/C33H26Br2N2O7/c1-41-24-11-9-23(10-12-24)37-32(39)25(31(38)36-33(37)40)14-22-15-26(34)30(27(35)16-22)44-19-21-8-13-28(29(17-21)42-2)43-18-20-6-4-3-5-7-20/h3-17H,18-19H2,1-2H3,(H,36,38,40)/b25-14+. The largest absolute Gasteiger partial charge is 0.497 e. The Bertz CT molecular complexity index is 1720. The van der Waals surface area contributed by atoms with E-state index in [0.717, 1.165) is 16.0 Å². The van der Waals surface area contributed by atoms with Gasteiger partial charge >= 0.3 is 6.03 Å². The molecule has 9 nitrogen and oxygen atoms in total. The van der Waals surface area contributed by atoms with E-state index in [4.69, 9.17) is 18.9 Å². The first-order valence-corrected chi connectivity index (χ1v) is 14.9. The number of ether oxygens (including phenoxy) is 4. The van der Waals surface area contributed by atoms with Crippen molar-refractivity contribution in [2.24, 2.45) is 0 Å². The number of methoxy groups -OCH3 is 2. The van der Waals surface area contributed by atoms with Crippen LogP contribution in [0.3, 0.4) is 0 Å². The zero-order valence-corrected chi connectivity index (χ0v) is 26.8. The van der Waals surface area contributed by atoms with Gasteiger partial charge in [0, 0.05) is 0 Å². The summed E-state index contributed by atoms with van der Waals surface area (Å²) in [6, 6.07) is 24.4. The Morgan fingerprint density at radius 2 is 1.43 bits per heavy atom. The fraction of sp³-hybridized carbons (Fsp3) is 0.121. The third-order valence-electron chi connectivity index (χ3n) is 6.61. The van der Waals surface area contributed by atoms with Crippen LogP contribution in [0.5, 0.6) is 23.0 Å². The van der Waals surface area contributed by atoms with Crippen molar-refractivity contribution in [2.45, 2.75) is 13.2 Å². The van der Waals surface area contributed by atoms with Gasteiger partial charge in [-0.3, -0.25) is 14.9 Å². The number of urea groups is 1. The van der Waals surface area contributed by atoms with E-state index in [2.05, 4.69) is 37.2 Å². The monoisotopic (exact) mass is 720 g/mol. The van der Waals surface area contributed by atoms with Crippen molar-refractivity contribution in [2.75, 3.05) is 19.1 Å². The number of carbonyl (C=O) groups excluding carboxylic acids is 3. The molecule has 0 aromatic heterocycles. The molecule has 0 radical (unpaired) electrons. The fourth-order valence-electron chi connectivity index (χ4n) is 4.40. The highest BCUT2D eigenvalue weighted by molar-refractivity contribution is 9.11. The van der Waals surface area contributed by atoms with Crippen molar-refractivity contribution in [1.29, 1.82) is 0 Å². The quantitative estimate of drug-likeness (QED) is 0.138. The Morgan fingerprint density at radius 1 is 0.750 bits per heavy atom. The number of imide groups is 2. The summed E-state index contributed by atoms with van der Waals surface area (Å²) in [7, 11) is 3.09. The fourth-order valence-corrected chi connectivity index (χ4v) is 5.85. The van der Waals surface area contributed by atoms with Gasteiger partial charge in [-0.25, -0.2) is 9.69 Å². The number of carbonyl (C=O) groups is 3. The predicted octanol–water partition coefficient (Wildman–Crippen LogP) is 7.05. The van der Waals surface area contributed by atoms with Crippen molar-refractivity contribution in [3.05, 3.63) is 116 Å². The van der Waals surface area contributed by atoms with E-state index in [-0.39, 0.29) is 12.2 Å². The van der Waals surface area contributed by atoms with Crippen LogP contribution in [-0.4, -0.2) is 32.1 Å². The number of benzene rings is 4. The SMILES string of the molecule is COc1ccc(N2C(=O)NC(=O)/C(=C\c3cc(Br)c(OCc4ccc(OCc5ccccc5)c(OC)c4)c(Br)c3)C2=O)cc1. The van der Waals surface area contributed by atoms with Gasteiger partial charge in [-0.1, -0.05) is 36.4 Å². The summed E-state index contributed by atoms with van der Waals surface area (Å²) >= 11 is 7.06. The van der Waals surface area contributed by atoms with E-state index < -0.39 is 17.8 Å². The summed E-state index contributed by atoms with van der Waals surface area (Å²) in [5.74, 6) is 0.744. The van der Waals surface area contributed by atoms with E-state index in [1.165, 1.54) is 13.2 Å². The summed E-state index contributed by atoms with van der Waals surface area (Å²) in [6.07, 6.45) is 1.42. The summed E-state index contributed by atoms with van der Waals surface area (Å²) in [5.41, 5.74) is 2.53. The summed E-state index contributed by atoms with van der Waals surface area (Å²) in [4.78, 5) is 39.3. The molecule has 1 fully saturated rings. The number of rotatable bonds is 10. The van der Waals surface area contributed by atoms with Crippen LogP contribution in [0.15, 0.2) is 99.4 Å². The van der Waals surface area contributed by atoms with Gasteiger partial charge in [0.2, 0.25) is 0 Å². The number of nitrogens with one attached hydrogen (secondary N) is 1. The number of hydrogen-bond donors (Lipinski definition) is 1. The Balaban J connectivity index is 1.30. The molecule has 0 bridgehead atoms. The van der Waals surface area contributed by atoms with Crippen LogP contribution in [0, 0.1) is 0 Å². The molecule has 0 saturated carbocycles. The molecule has 224 valence electrons. The molecule has 4 aromatic carbocycles. The van der Waals surface area contributed by atoms with Gasteiger partial charge in [0.05, 0.1) is 28.9 Å². The maximum atomic E-state index is 13.3. The highest BCUT2D eigenvalue weighted by Gasteiger charge is 2.36. The Labute approximate surface area is 270 Å². The normalized spacial score (nSPS) is 14.0. The van der Waals surface area contributed by atoms with Crippen LogP contribution in [-0.2, 0) is 22.8 Å². The van der Waals surface area contributed by atoms with Gasteiger partial charge in [-0.05, 0) is 103 Å². The maximum absolute atomic E-state index is 13.3. The minimum atomic E-state index is -0.833. The lowest BCUT2D eigenvalue weighted by molar-refractivity contribution is -0.122. The number of nitrogens with zero attached hydrogens (tertiary/aromatic N) is 1. The molecule has 4 aromatic rings. The highest BCUT2D eigenvalue weighted by atomic mass is 79.9. The lowest BCUT2D eigenvalue weighted by Gasteiger charge is -2.26. The van der Waals surface area contributed by atoms with Crippen LogP contribution < -0.4 is 29.2 Å². The second-order valence-corrected chi connectivity index (χ2v) is 11.2. The van der Waals surface area contributed by atoms with Crippen LogP contribution in [0.2, 0.25) is 0 Å². The van der Waals surface area contributed by atoms with Gasteiger partial charge in [0.25, 0.3) is 11.8 Å². The van der Waals surface area contributed by atoms with Gasteiger partial charge in [0.1, 0.15) is 30.3 Å². The van der Waals surface area contributed by atoms with E-state index in [9.17, 15) is 14.4 Å². The molecule has 0 aliphatic carbocycles. The van der Waals surface area contributed by atoms with Crippen molar-refractivity contribution >= 4 is 61.5 Å². The summed E-state index contributed by atoms with van der Waals surface area (Å²) in [5, 5.41) is 2.23. The van der Waals surface area contributed by atoms with Crippen molar-refractivity contribution in [3.63, 3.8) is 0 Å². The lowest BCUT2D eigenvalue weighted by Crippen LogP contribution is -2.54. The molecular formula is C33H26Br2N2O7. The Morgan fingerprint density at radius 3 is 2.09 bits per heavy atom. The first kappa shape index (κ1) is 30.8. The molecule has 1 heterocycles. The Kier molecular flexibility index (Phi) is 9.66. The molecule has 0 atom stereocenters. The molecule has 1 saturated heterocycles. The molecule has 44 heavy (non-hydrogen) atoms. The van der Waals surface area contributed by atoms with E-state index >= 15 is 0 Å². The van der Waals surface area contributed by atoms with Crippen molar-refractivity contribution < 1.29 is 33.3 Å².